The molecule has 0 aliphatic carbocycles. The Morgan fingerprint density at radius 3 is 2.72 bits per heavy atom. The van der Waals surface area contributed by atoms with Crippen LogP contribution in [0.1, 0.15) is 13.3 Å². The first kappa shape index (κ1) is 13.0. The molecule has 1 aliphatic heterocycles. The standard InChI is InChI=1S/C14H22N2O2/c1-11-10-16(8-4-7-15-11)12-5-6-13(17-2)14(9-12)18-3/h5-6,9,11,15H,4,7-8,10H2,1-3H3. The first-order valence-corrected chi connectivity index (χ1v) is 6.45. The molecule has 1 unspecified atom stereocenters. The van der Waals surface area contributed by atoms with Crippen molar-refractivity contribution >= 4 is 5.69 Å². The van der Waals surface area contributed by atoms with Gasteiger partial charge in [-0.1, -0.05) is 0 Å². The summed E-state index contributed by atoms with van der Waals surface area (Å²) in [6, 6.07) is 6.63. The largest absolute Gasteiger partial charge is 0.493 e. The predicted molar refractivity (Wildman–Crippen MR) is 73.8 cm³/mol. The van der Waals surface area contributed by atoms with Crippen LogP contribution in [0.3, 0.4) is 0 Å². The Labute approximate surface area is 109 Å². The molecule has 0 saturated carbocycles. The number of nitrogens with zero attached hydrogens (tertiary/aromatic N) is 1. The molecule has 1 aromatic rings. The molecule has 1 aromatic carbocycles. The molecule has 0 aromatic heterocycles. The van der Waals surface area contributed by atoms with Gasteiger partial charge in [-0.3, -0.25) is 0 Å². The molecular formula is C14H22N2O2. The van der Waals surface area contributed by atoms with E-state index in [1.165, 1.54) is 12.1 Å². The zero-order valence-corrected chi connectivity index (χ0v) is 11.4. The van der Waals surface area contributed by atoms with Gasteiger partial charge < -0.3 is 19.7 Å². The van der Waals surface area contributed by atoms with Gasteiger partial charge in [0.1, 0.15) is 0 Å². The molecule has 18 heavy (non-hydrogen) atoms. The fourth-order valence-corrected chi connectivity index (χ4v) is 2.36. The monoisotopic (exact) mass is 250 g/mol. The second kappa shape index (κ2) is 5.96. The summed E-state index contributed by atoms with van der Waals surface area (Å²) >= 11 is 0. The molecule has 0 bridgehead atoms. The number of anilines is 1. The van der Waals surface area contributed by atoms with Gasteiger partial charge >= 0.3 is 0 Å². The Balaban J connectivity index is 2.21. The normalized spacial score (nSPS) is 20.4. The highest BCUT2D eigenvalue weighted by molar-refractivity contribution is 5.56. The van der Waals surface area contributed by atoms with Crippen molar-refractivity contribution in [2.75, 3.05) is 38.8 Å². The van der Waals surface area contributed by atoms with Gasteiger partial charge in [-0.15, -0.1) is 0 Å². The van der Waals surface area contributed by atoms with Crippen molar-refractivity contribution in [3.05, 3.63) is 18.2 Å². The summed E-state index contributed by atoms with van der Waals surface area (Å²) in [5.41, 5.74) is 1.20. The Hall–Kier alpha value is -1.42. The van der Waals surface area contributed by atoms with Crippen LogP contribution in [0, 0.1) is 0 Å². The van der Waals surface area contributed by atoms with Crippen molar-refractivity contribution in [2.24, 2.45) is 0 Å². The van der Waals surface area contributed by atoms with Gasteiger partial charge in [-0.2, -0.15) is 0 Å². The third-order valence-electron chi connectivity index (χ3n) is 3.32. The van der Waals surface area contributed by atoms with Crippen molar-refractivity contribution in [1.29, 1.82) is 0 Å². The van der Waals surface area contributed by atoms with E-state index in [0.717, 1.165) is 31.1 Å². The Morgan fingerprint density at radius 2 is 2.00 bits per heavy atom. The molecule has 1 saturated heterocycles. The van der Waals surface area contributed by atoms with E-state index in [1.54, 1.807) is 14.2 Å². The molecule has 100 valence electrons. The first-order valence-electron chi connectivity index (χ1n) is 6.45. The lowest BCUT2D eigenvalue weighted by Gasteiger charge is -2.25. The van der Waals surface area contributed by atoms with Crippen molar-refractivity contribution < 1.29 is 9.47 Å². The van der Waals surface area contributed by atoms with Crippen molar-refractivity contribution in [3.8, 4) is 11.5 Å². The molecule has 4 nitrogen and oxygen atoms in total. The van der Waals surface area contributed by atoms with Gasteiger partial charge in [-0.25, -0.2) is 0 Å². The zero-order valence-electron chi connectivity index (χ0n) is 11.4. The number of hydrogen-bond acceptors (Lipinski definition) is 4. The number of rotatable bonds is 3. The van der Waals surface area contributed by atoms with Crippen LogP contribution >= 0.6 is 0 Å². The second-order valence-corrected chi connectivity index (χ2v) is 4.69. The van der Waals surface area contributed by atoms with Gasteiger partial charge in [0.15, 0.2) is 11.5 Å². The molecule has 1 N–H and O–H groups in total. The second-order valence-electron chi connectivity index (χ2n) is 4.69. The number of methoxy groups -OCH3 is 2. The van der Waals surface area contributed by atoms with Crippen molar-refractivity contribution in [2.45, 2.75) is 19.4 Å². The third-order valence-corrected chi connectivity index (χ3v) is 3.32. The summed E-state index contributed by atoms with van der Waals surface area (Å²) in [4.78, 5) is 2.40. The average molecular weight is 250 g/mol. The third kappa shape index (κ3) is 2.88. The molecular weight excluding hydrogens is 228 g/mol. The number of ether oxygens (including phenoxy) is 2. The van der Waals surface area contributed by atoms with Gasteiger partial charge in [0.2, 0.25) is 0 Å². The molecule has 0 radical (unpaired) electrons. The highest BCUT2D eigenvalue weighted by Gasteiger charge is 2.16. The summed E-state index contributed by atoms with van der Waals surface area (Å²) in [5.74, 6) is 1.57. The lowest BCUT2D eigenvalue weighted by Crippen LogP contribution is -2.35. The van der Waals surface area contributed by atoms with Gasteiger partial charge in [0.05, 0.1) is 14.2 Å². The highest BCUT2D eigenvalue weighted by atomic mass is 16.5. The molecule has 1 aliphatic rings. The summed E-state index contributed by atoms with van der Waals surface area (Å²) in [7, 11) is 3.34. The van der Waals surface area contributed by atoms with E-state index in [1.807, 2.05) is 6.07 Å². The van der Waals surface area contributed by atoms with E-state index >= 15 is 0 Å². The molecule has 1 heterocycles. The average Bonchev–Trinajstić information content (AvgIpc) is 2.62. The SMILES string of the molecule is COc1ccc(N2CCCNC(C)C2)cc1OC. The number of hydrogen-bond donors (Lipinski definition) is 1. The van der Waals surface area contributed by atoms with Gasteiger partial charge in [0, 0.05) is 30.9 Å². The van der Waals surface area contributed by atoms with Crippen LogP contribution in [0.4, 0.5) is 5.69 Å². The van der Waals surface area contributed by atoms with Crippen molar-refractivity contribution in [3.63, 3.8) is 0 Å². The number of nitrogens with one attached hydrogen (secondary N) is 1. The summed E-state index contributed by atoms with van der Waals surface area (Å²) < 4.78 is 10.6. The van der Waals surface area contributed by atoms with Crippen LogP contribution in [0.2, 0.25) is 0 Å². The van der Waals surface area contributed by atoms with E-state index < -0.39 is 0 Å². The Morgan fingerprint density at radius 1 is 1.22 bits per heavy atom. The summed E-state index contributed by atoms with van der Waals surface area (Å²) in [6.07, 6.45) is 1.17. The minimum Gasteiger partial charge on any atom is -0.493 e. The molecule has 1 fully saturated rings. The van der Waals surface area contributed by atoms with Crippen LogP contribution in [0.25, 0.3) is 0 Å². The maximum atomic E-state index is 5.36. The smallest absolute Gasteiger partial charge is 0.162 e. The van der Waals surface area contributed by atoms with Crippen molar-refractivity contribution in [1.82, 2.24) is 5.32 Å². The minimum atomic E-state index is 0.514. The highest BCUT2D eigenvalue weighted by Crippen LogP contribution is 2.31. The molecule has 4 heteroatoms. The van der Waals surface area contributed by atoms with Crippen LogP contribution in [0.5, 0.6) is 11.5 Å². The van der Waals surface area contributed by atoms with E-state index in [2.05, 4.69) is 29.3 Å². The van der Waals surface area contributed by atoms with E-state index in [9.17, 15) is 0 Å². The molecule has 0 amide bonds. The lowest BCUT2D eigenvalue weighted by molar-refractivity contribution is 0.355. The summed E-state index contributed by atoms with van der Waals surface area (Å²) in [5, 5.41) is 3.50. The van der Waals surface area contributed by atoms with Gasteiger partial charge in [0.25, 0.3) is 0 Å². The first-order chi connectivity index (χ1) is 8.74. The Bertz CT molecular complexity index is 395. The fraction of sp³-hybridized carbons (Fsp3) is 0.571. The maximum absolute atomic E-state index is 5.36. The summed E-state index contributed by atoms with van der Waals surface area (Å²) in [6.45, 7) is 5.41. The zero-order chi connectivity index (χ0) is 13.0. The lowest BCUT2D eigenvalue weighted by atomic mass is 10.2. The van der Waals surface area contributed by atoms with Crippen LogP contribution in [-0.4, -0.2) is 39.9 Å². The van der Waals surface area contributed by atoms with E-state index in [-0.39, 0.29) is 0 Å². The predicted octanol–water partition coefficient (Wildman–Crippen LogP) is 1.89. The molecule has 1 atom stereocenters. The molecule has 0 spiro atoms. The fourth-order valence-electron chi connectivity index (χ4n) is 2.36. The Kier molecular flexibility index (Phi) is 4.31. The molecule has 2 rings (SSSR count). The van der Waals surface area contributed by atoms with E-state index in [0.29, 0.717) is 6.04 Å². The topological polar surface area (TPSA) is 33.7 Å². The maximum Gasteiger partial charge on any atom is 0.162 e. The van der Waals surface area contributed by atoms with Crippen LogP contribution < -0.4 is 19.7 Å². The quantitative estimate of drug-likeness (QED) is 0.888. The van der Waals surface area contributed by atoms with Crippen LogP contribution in [0.15, 0.2) is 18.2 Å². The number of benzene rings is 1. The van der Waals surface area contributed by atoms with Crippen LogP contribution in [-0.2, 0) is 0 Å². The van der Waals surface area contributed by atoms with E-state index in [4.69, 9.17) is 9.47 Å². The van der Waals surface area contributed by atoms with Gasteiger partial charge in [-0.05, 0) is 32.0 Å². The minimum absolute atomic E-state index is 0.514.